The number of aromatic amines is 1. The largest absolute Gasteiger partial charge is 0.444 e. The third-order valence-electron chi connectivity index (χ3n) is 4.31. The van der Waals surface area contributed by atoms with Gasteiger partial charge in [-0.15, -0.1) is 0 Å². The van der Waals surface area contributed by atoms with E-state index in [0.29, 0.717) is 18.1 Å². The van der Waals surface area contributed by atoms with Gasteiger partial charge >= 0.3 is 6.09 Å². The minimum atomic E-state index is -0.622. The zero-order valence-electron chi connectivity index (χ0n) is 15.9. The Hall–Kier alpha value is -2.64. The number of carbonyl (C=O) groups is 1. The summed E-state index contributed by atoms with van der Waals surface area (Å²) in [5, 5.41) is 10.1. The Kier molecular flexibility index (Phi) is 4.17. The van der Waals surface area contributed by atoms with Crippen LogP contribution in [0.15, 0.2) is 12.1 Å². The molecule has 2 N–H and O–H groups in total. The van der Waals surface area contributed by atoms with Crippen LogP contribution in [0.3, 0.4) is 0 Å². The van der Waals surface area contributed by atoms with Gasteiger partial charge in [-0.25, -0.2) is 14.2 Å². The molecule has 2 aromatic rings. The van der Waals surface area contributed by atoms with Crippen molar-refractivity contribution in [1.29, 1.82) is 0 Å². The highest BCUT2D eigenvalue weighted by Crippen LogP contribution is 2.41. The van der Waals surface area contributed by atoms with Crippen molar-refractivity contribution in [2.45, 2.75) is 59.2 Å². The number of halogens is 1. The van der Waals surface area contributed by atoms with E-state index >= 15 is 0 Å². The first kappa shape index (κ1) is 18.2. The number of nitrogens with zero attached hydrogens (tertiary/aromatic N) is 3. The highest BCUT2D eigenvalue weighted by molar-refractivity contribution is 5.72. The van der Waals surface area contributed by atoms with Gasteiger partial charge in [0.1, 0.15) is 5.60 Å². The van der Waals surface area contributed by atoms with Gasteiger partial charge in [0.05, 0.1) is 17.8 Å². The molecule has 0 aliphatic carbocycles. The van der Waals surface area contributed by atoms with E-state index in [-0.39, 0.29) is 5.82 Å². The number of rotatable bonds is 2. The molecular formula is C18H24FN5O2. The number of H-pyrrole nitrogens is 1. The molecule has 0 radical (unpaired) electrons. The Bertz CT molecular complexity index is 854. The summed E-state index contributed by atoms with van der Waals surface area (Å²) >= 11 is 0. The molecular weight excluding hydrogens is 337 g/mol. The van der Waals surface area contributed by atoms with Crippen LogP contribution in [0.5, 0.6) is 0 Å². The molecule has 3 heterocycles. The molecule has 0 bridgehead atoms. The Morgan fingerprint density at radius 1 is 1.35 bits per heavy atom. The van der Waals surface area contributed by atoms with E-state index in [1.165, 1.54) is 6.07 Å². The first-order valence-electron chi connectivity index (χ1n) is 8.47. The minimum Gasteiger partial charge on any atom is -0.444 e. The SMILES string of the molecule is Cc1ccc(F)c(Nc2n[nH]c3c2CN(C(=O)OC(C)(C)C)C3(C)C)n1. The van der Waals surface area contributed by atoms with Gasteiger partial charge in [-0.2, -0.15) is 5.10 Å². The lowest BCUT2D eigenvalue weighted by atomic mass is 10.0. The molecule has 0 saturated carbocycles. The third-order valence-corrected chi connectivity index (χ3v) is 4.31. The van der Waals surface area contributed by atoms with Crippen LogP contribution in [0.4, 0.5) is 20.8 Å². The van der Waals surface area contributed by atoms with Gasteiger partial charge < -0.3 is 10.1 Å². The molecule has 0 unspecified atom stereocenters. The zero-order valence-corrected chi connectivity index (χ0v) is 15.9. The average Bonchev–Trinajstić information content (AvgIpc) is 3.00. The molecule has 1 amide bonds. The number of carbonyl (C=O) groups excluding carboxylic acids is 1. The lowest BCUT2D eigenvalue weighted by Gasteiger charge is -2.33. The fourth-order valence-electron chi connectivity index (χ4n) is 2.97. The van der Waals surface area contributed by atoms with Gasteiger partial charge in [0.25, 0.3) is 0 Å². The standard InChI is InChI=1S/C18H24FN5O2/c1-10-7-8-12(19)15(20-10)21-14-11-9-24(16(25)26-17(2,3)4)18(5,6)13(11)22-23-14/h7-8H,9H2,1-6H3,(H2,20,21,22,23). The van der Waals surface area contributed by atoms with E-state index in [2.05, 4.69) is 20.5 Å². The molecule has 0 spiro atoms. The highest BCUT2D eigenvalue weighted by atomic mass is 19.1. The fourth-order valence-corrected chi connectivity index (χ4v) is 2.97. The number of ether oxygens (including phenoxy) is 1. The van der Waals surface area contributed by atoms with Gasteiger partial charge in [-0.3, -0.25) is 10.00 Å². The van der Waals surface area contributed by atoms with Crippen molar-refractivity contribution in [1.82, 2.24) is 20.1 Å². The second-order valence-corrected chi connectivity index (χ2v) is 7.96. The van der Waals surface area contributed by atoms with E-state index in [9.17, 15) is 9.18 Å². The summed E-state index contributed by atoms with van der Waals surface area (Å²) in [5.74, 6) is 0.0950. The number of hydrogen-bond acceptors (Lipinski definition) is 5. The first-order chi connectivity index (χ1) is 12.0. The molecule has 2 aromatic heterocycles. The first-order valence-corrected chi connectivity index (χ1v) is 8.47. The molecule has 1 aliphatic rings. The molecule has 7 nitrogen and oxygen atoms in total. The van der Waals surface area contributed by atoms with Crippen LogP contribution in [-0.2, 0) is 16.8 Å². The number of aryl methyl sites for hydroxylation is 1. The summed E-state index contributed by atoms with van der Waals surface area (Å²) in [6.07, 6.45) is -0.405. The van der Waals surface area contributed by atoms with E-state index in [1.807, 2.05) is 34.6 Å². The normalized spacial score (nSPS) is 15.7. The van der Waals surface area contributed by atoms with Crippen molar-refractivity contribution >= 4 is 17.7 Å². The van der Waals surface area contributed by atoms with Gasteiger partial charge in [0.2, 0.25) is 0 Å². The van der Waals surface area contributed by atoms with E-state index in [1.54, 1.807) is 17.9 Å². The summed E-state index contributed by atoms with van der Waals surface area (Å²) in [6, 6.07) is 2.96. The van der Waals surface area contributed by atoms with Crippen LogP contribution < -0.4 is 5.32 Å². The van der Waals surface area contributed by atoms with Crippen molar-refractivity contribution in [3.63, 3.8) is 0 Å². The number of aromatic nitrogens is 3. The Balaban J connectivity index is 1.89. The lowest BCUT2D eigenvalue weighted by Crippen LogP contribution is -2.43. The Morgan fingerprint density at radius 3 is 2.69 bits per heavy atom. The summed E-state index contributed by atoms with van der Waals surface area (Å²) < 4.78 is 19.5. The van der Waals surface area contributed by atoms with Crippen molar-refractivity contribution in [3.05, 3.63) is 34.9 Å². The molecule has 8 heteroatoms. The van der Waals surface area contributed by atoms with E-state index in [4.69, 9.17) is 4.74 Å². The monoisotopic (exact) mass is 361 g/mol. The number of hydrogen-bond donors (Lipinski definition) is 2. The lowest BCUT2D eigenvalue weighted by molar-refractivity contribution is 0.00452. The minimum absolute atomic E-state index is 0.104. The number of fused-ring (bicyclic) bond motifs is 1. The summed E-state index contributed by atoms with van der Waals surface area (Å²) in [6.45, 7) is 11.4. The maximum absolute atomic E-state index is 14.0. The molecule has 0 aromatic carbocycles. The second-order valence-electron chi connectivity index (χ2n) is 7.96. The summed E-state index contributed by atoms with van der Waals surface area (Å²) in [7, 11) is 0. The van der Waals surface area contributed by atoms with Crippen molar-refractivity contribution in [2.75, 3.05) is 5.32 Å². The number of pyridine rings is 1. The Labute approximate surface area is 151 Å². The molecule has 0 fully saturated rings. The second kappa shape index (κ2) is 5.96. The van der Waals surface area contributed by atoms with Crippen LogP contribution in [0.25, 0.3) is 0 Å². The van der Waals surface area contributed by atoms with Gasteiger partial charge in [0.15, 0.2) is 17.5 Å². The number of nitrogens with one attached hydrogen (secondary N) is 2. The van der Waals surface area contributed by atoms with Gasteiger partial charge in [0, 0.05) is 11.3 Å². The Morgan fingerprint density at radius 2 is 2.04 bits per heavy atom. The molecule has 1 aliphatic heterocycles. The van der Waals surface area contributed by atoms with Crippen molar-refractivity contribution < 1.29 is 13.9 Å². The number of anilines is 2. The number of amides is 1. The zero-order chi connectivity index (χ0) is 19.3. The maximum Gasteiger partial charge on any atom is 0.411 e. The molecule has 0 atom stereocenters. The van der Waals surface area contributed by atoms with Gasteiger partial charge in [-0.1, -0.05) is 0 Å². The average molecular weight is 361 g/mol. The molecule has 26 heavy (non-hydrogen) atoms. The molecule has 140 valence electrons. The van der Waals surface area contributed by atoms with Crippen LogP contribution in [0.2, 0.25) is 0 Å². The summed E-state index contributed by atoms with van der Waals surface area (Å²) in [5.41, 5.74) is 1.07. The van der Waals surface area contributed by atoms with Crippen molar-refractivity contribution in [2.24, 2.45) is 0 Å². The van der Waals surface area contributed by atoms with Crippen LogP contribution in [0, 0.1) is 12.7 Å². The predicted molar refractivity (Wildman–Crippen MR) is 95.6 cm³/mol. The topological polar surface area (TPSA) is 83.1 Å². The quantitative estimate of drug-likeness (QED) is 0.845. The van der Waals surface area contributed by atoms with Crippen molar-refractivity contribution in [3.8, 4) is 0 Å². The van der Waals surface area contributed by atoms with Gasteiger partial charge in [-0.05, 0) is 53.7 Å². The third kappa shape index (κ3) is 3.23. The predicted octanol–water partition coefficient (Wildman–Crippen LogP) is 3.98. The van der Waals surface area contributed by atoms with Crippen LogP contribution in [-0.4, -0.2) is 31.8 Å². The van der Waals surface area contributed by atoms with Crippen LogP contribution in [0.1, 0.15) is 51.6 Å². The smallest absolute Gasteiger partial charge is 0.411 e. The summed E-state index contributed by atoms with van der Waals surface area (Å²) in [4.78, 5) is 18.4. The molecule has 0 saturated heterocycles. The maximum atomic E-state index is 14.0. The molecule has 3 rings (SSSR count). The van der Waals surface area contributed by atoms with E-state index in [0.717, 1.165) is 11.3 Å². The van der Waals surface area contributed by atoms with E-state index < -0.39 is 23.1 Å². The highest BCUT2D eigenvalue weighted by Gasteiger charge is 2.45. The fraction of sp³-hybridized carbons (Fsp3) is 0.500. The van der Waals surface area contributed by atoms with Crippen LogP contribution >= 0.6 is 0 Å².